The van der Waals surface area contributed by atoms with Crippen LogP contribution >= 0.6 is 0 Å². The van der Waals surface area contributed by atoms with Crippen LogP contribution in [0.15, 0.2) is 72.9 Å². The lowest BCUT2D eigenvalue weighted by atomic mass is 10.2. The van der Waals surface area contributed by atoms with E-state index < -0.39 is 12.2 Å². The number of hydrogen-bond acceptors (Lipinski definition) is 2. The van der Waals surface area contributed by atoms with Crippen LogP contribution in [-0.2, 0) is 0 Å². The Morgan fingerprint density at radius 1 is 0.739 bits per heavy atom. The van der Waals surface area contributed by atoms with Crippen LogP contribution in [0.3, 0.4) is 0 Å². The summed E-state index contributed by atoms with van der Waals surface area (Å²) in [5.41, 5.74) is 0. The van der Waals surface area contributed by atoms with Crippen LogP contribution in [0, 0.1) is 0 Å². The number of allylic oxidation sites excluding steroid dienone is 8. The number of hydrogen-bond donors (Lipinski definition) is 2. The van der Waals surface area contributed by atoms with Crippen molar-refractivity contribution in [3.63, 3.8) is 0 Å². The van der Waals surface area contributed by atoms with Crippen molar-refractivity contribution in [1.82, 2.24) is 0 Å². The quantitative estimate of drug-likeness (QED) is 0.391. The fraction of sp³-hybridized carbons (Fsp3) is 0.429. The molecular weight excluding hydrogens is 284 g/mol. The van der Waals surface area contributed by atoms with Gasteiger partial charge in [0.1, 0.15) is 0 Å². The molecule has 0 bridgehead atoms. The molecule has 2 N–H and O–H groups in total. The maximum Gasteiger partial charge on any atom is 0.0758 e. The van der Waals surface area contributed by atoms with Crippen LogP contribution in [0.5, 0.6) is 0 Å². The summed E-state index contributed by atoms with van der Waals surface area (Å²) in [5.74, 6) is 0. The summed E-state index contributed by atoms with van der Waals surface area (Å²) in [6, 6.07) is 0.00340. The highest BCUT2D eigenvalue weighted by molar-refractivity contribution is 5.13. The first-order valence-electron chi connectivity index (χ1n) is 9.36. The third-order valence-electron chi connectivity index (χ3n) is 2.89. The van der Waals surface area contributed by atoms with Gasteiger partial charge in [0.15, 0.2) is 0 Å². The van der Waals surface area contributed by atoms with Crippen LogP contribution < -0.4 is 0 Å². The second-order valence-electron chi connectivity index (χ2n) is 5.08. The van der Waals surface area contributed by atoms with E-state index >= 15 is 0 Å². The van der Waals surface area contributed by atoms with Crippen LogP contribution in [0.4, 0.5) is 0 Å². The van der Waals surface area contributed by atoms with Crippen molar-refractivity contribution in [2.24, 2.45) is 0 Å². The molecule has 0 aliphatic heterocycles. The molecule has 0 fully saturated rings. The lowest BCUT2D eigenvalue weighted by Crippen LogP contribution is -1.98. The molecular formula is C21H32O2. The topological polar surface area (TPSA) is 40.5 Å². The van der Waals surface area contributed by atoms with E-state index in [-0.39, 0.29) is 12.1 Å². The normalized spacial score (nSPS) is 18.3. The molecule has 0 spiro atoms. The molecule has 0 aromatic heterocycles. The molecule has 2 heteroatoms. The molecule has 0 rings (SSSR count). The largest absolute Gasteiger partial charge is 0.389 e. The van der Waals surface area contributed by atoms with Gasteiger partial charge in [-0.25, -0.2) is 0 Å². The fourth-order valence-corrected chi connectivity index (χ4v) is 1.65. The standard InChI is InChI=1S/C21H32O2/c1-3-5-7-8-9-13-17-21(23)19-15-11-10-14-18-20(22)16-12-6-4-2/h5-7,9-15,18-23H,3-4,8,16-17H2,1-2H3/b7-5-,11-10-,12-6-,13-9-,18-14+,19-15+/t20-,21-/m0/s1/i10T,11T. The first kappa shape index (κ1) is 17.7. The SMILES string of the molecule is [3H]C(/C=C/[C@@H](O)C/C=C\CC)=C([3H])/C=C/[C@@H](O)C/C=C\C/C=C\CC. The predicted molar refractivity (Wildman–Crippen MR) is 101 cm³/mol. The molecule has 0 saturated heterocycles. The van der Waals surface area contributed by atoms with Crippen LogP contribution in [-0.4, -0.2) is 22.4 Å². The van der Waals surface area contributed by atoms with E-state index in [0.29, 0.717) is 12.8 Å². The van der Waals surface area contributed by atoms with Crippen LogP contribution in [0.25, 0.3) is 0 Å². The summed E-state index contributed by atoms with van der Waals surface area (Å²) in [5, 5.41) is 19.6. The summed E-state index contributed by atoms with van der Waals surface area (Å²) in [4.78, 5) is 0. The zero-order chi connectivity index (χ0) is 18.9. The second kappa shape index (κ2) is 16.7. The molecule has 0 amide bonds. The lowest BCUT2D eigenvalue weighted by molar-refractivity contribution is 0.226. The molecule has 0 aromatic rings. The van der Waals surface area contributed by atoms with Gasteiger partial charge in [0, 0.05) is 0 Å². The van der Waals surface area contributed by atoms with Crippen molar-refractivity contribution in [3.8, 4) is 0 Å². The zero-order valence-electron chi connectivity index (χ0n) is 16.4. The summed E-state index contributed by atoms with van der Waals surface area (Å²) in [6.07, 6.45) is 20.3. The smallest absolute Gasteiger partial charge is 0.0758 e. The van der Waals surface area contributed by atoms with E-state index in [2.05, 4.69) is 19.1 Å². The Kier molecular flexibility index (Phi) is 12.9. The Bertz CT molecular complexity index is 514. The van der Waals surface area contributed by atoms with E-state index in [4.69, 9.17) is 2.74 Å². The minimum Gasteiger partial charge on any atom is -0.389 e. The van der Waals surface area contributed by atoms with E-state index in [1.807, 2.05) is 31.2 Å². The highest BCUT2D eigenvalue weighted by Gasteiger charge is 1.93. The average Bonchev–Trinajstić information content (AvgIpc) is 2.60. The van der Waals surface area contributed by atoms with E-state index in [1.54, 1.807) is 0 Å². The Balaban J connectivity index is 4.39. The first-order chi connectivity index (χ1) is 12.0. The van der Waals surface area contributed by atoms with E-state index in [0.717, 1.165) is 19.3 Å². The lowest BCUT2D eigenvalue weighted by Gasteiger charge is -1.99. The van der Waals surface area contributed by atoms with Crippen molar-refractivity contribution in [2.45, 2.75) is 58.2 Å². The Morgan fingerprint density at radius 3 is 1.70 bits per heavy atom. The van der Waals surface area contributed by atoms with Gasteiger partial charge in [-0.15, -0.1) is 0 Å². The molecule has 0 radical (unpaired) electrons. The number of aliphatic hydroxyl groups excluding tert-OH is 2. The predicted octanol–water partition coefficient (Wildman–Crippen LogP) is 5.04. The Hall–Kier alpha value is -1.64. The third kappa shape index (κ3) is 16.6. The summed E-state index contributed by atoms with van der Waals surface area (Å²) >= 11 is 0. The molecule has 0 heterocycles. The molecule has 0 saturated carbocycles. The van der Waals surface area contributed by atoms with Gasteiger partial charge in [-0.1, -0.05) is 86.7 Å². The summed E-state index contributed by atoms with van der Waals surface area (Å²) in [7, 11) is 0. The summed E-state index contributed by atoms with van der Waals surface area (Å²) in [6.45, 7) is 4.11. The van der Waals surface area contributed by atoms with Crippen molar-refractivity contribution in [3.05, 3.63) is 72.9 Å². The van der Waals surface area contributed by atoms with Gasteiger partial charge in [0.05, 0.1) is 14.9 Å². The van der Waals surface area contributed by atoms with Gasteiger partial charge in [0.2, 0.25) is 0 Å². The highest BCUT2D eigenvalue weighted by atomic mass is 16.3. The molecule has 23 heavy (non-hydrogen) atoms. The molecule has 2 nitrogen and oxygen atoms in total. The maximum atomic E-state index is 9.83. The van der Waals surface area contributed by atoms with Gasteiger partial charge in [0.25, 0.3) is 0 Å². The fourth-order valence-electron chi connectivity index (χ4n) is 1.65. The van der Waals surface area contributed by atoms with Crippen molar-refractivity contribution < 1.29 is 13.0 Å². The minimum absolute atomic E-state index is 0.00135. The van der Waals surface area contributed by atoms with Crippen molar-refractivity contribution in [1.29, 1.82) is 0 Å². The average molecular weight is 321 g/mol. The molecule has 0 aliphatic carbocycles. The van der Waals surface area contributed by atoms with Gasteiger partial charge >= 0.3 is 0 Å². The van der Waals surface area contributed by atoms with Gasteiger partial charge in [-0.3, -0.25) is 0 Å². The van der Waals surface area contributed by atoms with Gasteiger partial charge < -0.3 is 10.2 Å². The Labute approximate surface area is 144 Å². The molecule has 0 unspecified atom stereocenters. The van der Waals surface area contributed by atoms with E-state index in [9.17, 15) is 10.2 Å². The maximum absolute atomic E-state index is 9.83. The van der Waals surface area contributed by atoms with Crippen molar-refractivity contribution >= 4 is 0 Å². The van der Waals surface area contributed by atoms with Crippen LogP contribution in [0.1, 0.15) is 48.7 Å². The van der Waals surface area contributed by atoms with E-state index in [1.165, 1.54) is 24.3 Å². The number of aliphatic hydroxyl groups is 2. The molecule has 0 aliphatic rings. The highest BCUT2D eigenvalue weighted by Crippen LogP contribution is 1.99. The molecule has 2 atom stereocenters. The monoisotopic (exact) mass is 320 g/mol. The van der Waals surface area contributed by atoms with Crippen molar-refractivity contribution in [2.75, 3.05) is 0 Å². The first-order valence-corrected chi connectivity index (χ1v) is 8.36. The van der Waals surface area contributed by atoms with Gasteiger partial charge in [-0.05, 0) is 32.1 Å². The third-order valence-corrected chi connectivity index (χ3v) is 2.89. The Morgan fingerprint density at radius 2 is 1.17 bits per heavy atom. The zero-order valence-corrected chi connectivity index (χ0v) is 14.4. The molecule has 0 aromatic carbocycles. The second-order valence-corrected chi connectivity index (χ2v) is 5.08. The van der Waals surface area contributed by atoms with Crippen LogP contribution in [0.2, 0.25) is 0 Å². The summed E-state index contributed by atoms with van der Waals surface area (Å²) < 4.78 is 15.6. The molecule has 128 valence electrons. The van der Waals surface area contributed by atoms with Gasteiger partial charge in [-0.2, -0.15) is 0 Å². The minimum atomic E-state index is -0.673. The number of rotatable bonds is 12.